The van der Waals surface area contributed by atoms with Crippen LogP contribution in [-0.4, -0.2) is 77.1 Å². The van der Waals surface area contributed by atoms with Crippen molar-refractivity contribution >= 4 is 47.5 Å². The molecule has 0 unspecified atom stereocenters. The maximum absolute atomic E-state index is 14.6. The number of halogens is 3. The number of hydrogen-bond donors (Lipinski definition) is 2. The molecule has 0 saturated heterocycles. The van der Waals surface area contributed by atoms with Crippen LogP contribution in [0.25, 0.3) is 27.7 Å². The summed E-state index contributed by atoms with van der Waals surface area (Å²) in [5.74, 6) is 0.342. The van der Waals surface area contributed by atoms with Gasteiger partial charge in [-0.2, -0.15) is 0 Å². The second kappa shape index (κ2) is 16.4. The number of pyridine rings is 1. The molecule has 0 radical (unpaired) electrons. The van der Waals surface area contributed by atoms with Gasteiger partial charge in [0.05, 0.1) is 0 Å². The van der Waals surface area contributed by atoms with Gasteiger partial charge in [-0.25, -0.2) is 4.39 Å². The van der Waals surface area contributed by atoms with Crippen LogP contribution in [0.5, 0.6) is 0 Å². The predicted octanol–water partition coefficient (Wildman–Crippen LogP) is 4.53. The number of imidazole rings is 1. The van der Waals surface area contributed by atoms with E-state index in [4.69, 9.17) is 4.98 Å². The number of fused-ring (bicyclic) bond motifs is 1. The Bertz CT molecular complexity index is 1700. The first kappa shape index (κ1) is 33.9. The number of H-pyrrole nitrogens is 1. The van der Waals surface area contributed by atoms with E-state index in [9.17, 15) is 4.39 Å². The van der Waals surface area contributed by atoms with Crippen molar-refractivity contribution in [3.63, 3.8) is 0 Å². The molecule has 2 aromatic heterocycles. The van der Waals surface area contributed by atoms with Gasteiger partial charge in [-0.3, -0.25) is 4.98 Å². The Morgan fingerprint density at radius 2 is 1.95 bits per heavy atom. The Kier molecular flexibility index (Phi) is 12.6. The molecule has 9 heteroatoms. The van der Waals surface area contributed by atoms with Crippen molar-refractivity contribution in [2.45, 2.75) is 6.92 Å². The molecular formula is C35H40FI2N6-. The van der Waals surface area contributed by atoms with Crippen LogP contribution < -0.4 is 26.5 Å². The van der Waals surface area contributed by atoms with Crippen LogP contribution in [-0.2, 0) is 0 Å². The van der Waals surface area contributed by atoms with Crippen LogP contribution in [0, 0.1) is 5.82 Å². The summed E-state index contributed by atoms with van der Waals surface area (Å²) < 4.78 is 25.8. The monoisotopic (exact) mass is 817 g/mol. The van der Waals surface area contributed by atoms with Gasteiger partial charge in [-0.05, 0) is 37.9 Å². The molecule has 0 bridgehead atoms. The molecule has 0 amide bonds. The second-order valence-corrected chi connectivity index (χ2v) is 14.6. The molecule has 1 aliphatic rings. The molecule has 0 atom stereocenters. The van der Waals surface area contributed by atoms with E-state index in [1.807, 2.05) is 26.2 Å². The van der Waals surface area contributed by atoms with Crippen molar-refractivity contribution in [2.24, 2.45) is 0 Å². The molecule has 0 aliphatic carbocycles. The number of likely N-dealkylation sites (N-methyl/N-ethyl adjacent to an activating group) is 2. The van der Waals surface area contributed by atoms with Crippen molar-refractivity contribution in [2.75, 3.05) is 53.1 Å². The molecule has 4 rings (SSSR count). The molecule has 2 N–H and O–H groups in total. The third-order valence-corrected chi connectivity index (χ3v) is 9.54. The van der Waals surface area contributed by atoms with E-state index < -0.39 is 0 Å². The molecule has 6 nitrogen and oxygen atoms in total. The molecule has 44 heavy (non-hydrogen) atoms. The summed E-state index contributed by atoms with van der Waals surface area (Å²) in [5.41, 5.74) is 9.32. The Hall–Kier alpha value is -3.00. The van der Waals surface area contributed by atoms with E-state index in [1.54, 1.807) is 12.4 Å². The van der Waals surface area contributed by atoms with Gasteiger partial charge < -0.3 is 10.2 Å². The quantitative estimate of drug-likeness (QED) is 0.197. The molecule has 3 aromatic rings. The minimum absolute atomic E-state index is 0.132. The Labute approximate surface area is 280 Å². The Morgan fingerprint density at radius 3 is 2.70 bits per heavy atom. The Morgan fingerprint density at radius 1 is 1.14 bits per heavy atom. The Balaban J connectivity index is 1.56. The van der Waals surface area contributed by atoms with Crippen LogP contribution >= 0.6 is 20.7 Å². The fourth-order valence-corrected chi connectivity index (χ4v) is 7.41. The molecule has 0 fully saturated rings. The molecule has 0 saturated carbocycles. The number of benzene rings is 1. The normalized spacial score (nSPS) is 14.6. The first-order valence-electron chi connectivity index (χ1n) is 14.1. The van der Waals surface area contributed by atoms with Crippen LogP contribution in [0.4, 0.5) is 10.1 Å². The van der Waals surface area contributed by atoms with Crippen molar-refractivity contribution < 1.29 is 25.6 Å². The van der Waals surface area contributed by atoms with Crippen LogP contribution in [0.2, 0.25) is 0 Å². The zero-order valence-corrected chi connectivity index (χ0v) is 30.3. The first-order valence-corrected chi connectivity index (χ1v) is 19.4. The summed E-state index contributed by atoms with van der Waals surface area (Å²) in [6.07, 6.45) is 14.4. The van der Waals surface area contributed by atoms with Gasteiger partial charge >= 0.3 is 195 Å². The average Bonchev–Trinajstić information content (AvgIpc) is 3.28. The van der Waals surface area contributed by atoms with Gasteiger partial charge in [-0.15, -0.1) is 0 Å². The number of aromatic nitrogens is 3. The zero-order chi connectivity index (χ0) is 31.6. The molecule has 232 valence electrons. The molecule has 1 aliphatic heterocycles. The van der Waals surface area contributed by atoms with E-state index >= 15 is 0 Å². The minimum atomic E-state index is -0.311. The van der Waals surface area contributed by atoms with Crippen molar-refractivity contribution in [1.29, 1.82) is 0 Å². The van der Waals surface area contributed by atoms with E-state index in [-0.39, 0.29) is 47.8 Å². The van der Waals surface area contributed by atoms with Gasteiger partial charge in [-0.1, -0.05) is 0 Å². The van der Waals surface area contributed by atoms with E-state index in [2.05, 4.69) is 93.7 Å². The van der Waals surface area contributed by atoms with Gasteiger partial charge in [0.2, 0.25) is 0 Å². The van der Waals surface area contributed by atoms with Gasteiger partial charge in [0.1, 0.15) is 5.82 Å². The van der Waals surface area contributed by atoms with Crippen molar-refractivity contribution in [1.82, 2.24) is 24.8 Å². The number of anilines is 1. The number of nitrogens with zero attached hydrogens (tertiary/aromatic N) is 4. The van der Waals surface area contributed by atoms with Crippen LogP contribution in [0.15, 0.2) is 102 Å². The zero-order valence-electron chi connectivity index (χ0n) is 26.0. The SMILES string of the molecule is C=I\C=C(/C=C\C(C)=C\C(=C)c1nc2c(-c3cc(F)cc(NCCN(C)C)c3)cncc2[nH]1)C1=C[I-]C=CC(CN(C)C)=C1. The second-order valence-electron chi connectivity index (χ2n) is 11.0. The van der Waals surface area contributed by atoms with E-state index in [0.29, 0.717) is 12.4 Å². The average molecular weight is 818 g/mol. The maximum atomic E-state index is 14.6. The third-order valence-electron chi connectivity index (χ3n) is 6.62. The summed E-state index contributed by atoms with van der Waals surface area (Å²) in [5, 5.41) is 3.31. The first-order chi connectivity index (χ1) is 21.1. The molecular weight excluding hydrogens is 777 g/mol. The van der Waals surface area contributed by atoms with Crippen molar-refractivity contribution in [3.05, 3.63) is 114 Å². The van der Waals surface area contributed by atoms with Gasteiger partial charge in [0, 0.05) is 25.0 Å². The summed E-state index contributed by atoms with van der Waals surface area (Å²) in [6.45, 7) is 8.83. The van der Waals surface area contributed by atoms with E-state index in [1.165, 1.54) is 28.9 Å². The number of rotatable bonds is 13. The van der Waals surface area contributed by atoms with Crippen LogP contribution in [0.3, 0.4) is 0 Å². The topological polar surface area (TPSA) is 60.1 Å². The number of aromatic amines is 1. The number of allylic oxidation sites excluding steroid dienone is 8. The van der Waals surface area contributed by atoms with Crippen LogP contribution in [0.1, 0.15) is 12.7 Å². The molecule has 3 heterocycles. The molecule has 1 aromatic carbocycles. The summed E-state index contributed by atoms with van der Waals surface area (Å²) in [6, 6.07) is 4.97. The number of nitrogens with one attached hydrogen (secondary N) is 2. The van der Waals surface area contributed by atoms with Gasteiger partial charge in [0.15, 0.2) is 0 Å². The fourth-order valence-electron chi connectivity index (χ4n) is 4.57. The van der Waals surface area contributed by atoms with Crippen molar-refractivity contribution in [3.8, 4) is 11.1 Å². The molecule has 0 spiro atoms. The summed E-state index contributed by atoms with van der Waals surface area (Å²) in [7, 11) is 8.21. The fraction of sp³-hybridized carbons (Fsp3) is 0.229. The van der Waals surface area contributed by atoms with E-state index in [0.717, 1.165) is 52.1 Å². The van der Waals surface area contributed by atoms with Gasteiger partial charge in [0.25, 0.3) is 0 Å². The standard InChI is InChI=1S/C35H40FI2N6/c1-24(8-9-27(19-37-3)29-15-26(23-44(6)7)10-11-38-20-29)14-25(2)35-41-33-22-39-21-32(34(33)42-35)28-16-30(36)18-31(17-28)40-12-13-43(4)5/h8-11,14-22,40H,2-3,12-13,23H2,1,4-7H3,(H,41,42)/q-1/b9-8-,24-14+,27-19+. The summed E-state index contributed by atoms with van der Waals surface area (Å²) in [4.78, 5) is 16.9. The number of hydrogen-bond acceptors (Lipinski definition) is 5. The third kappa shape index (κ3) is 9.75. The predicted molar refractivity (Wildman–Crippen MR) is 191 cm³/mol. The summed E-state index contributed by atoms with van der Waals surface area (Å²) >= 11 is -0.404.